The smallest absolute Gasteiger partial charge is 0.409 e. The lowest BCUT2D eigenvalue weighted by Gasteiger charge is -2.31. The highest BCUT2D eigenvalue weighted by atomic mass is 19.1. The van der Waals surface area contributed by atoms with Gasteiger partial charge in [-0.25, -0.2) is 13.6 Å². The molecule has 2 aliphatic heterocycles. The fraction of sp³-hybridized carbons (Fsp3) is 0.462. The molecule has 3 aliphatic rings. The van der Waals surface area contributed by atoms with E-state index >= 15 is 0 Å². The number of likely N-dealkylation sites (tertiary alicyclic amines) is 2. The van der Waals surface area contributed by atoms with Crippen LogP contribution in [0.1, 0.15) is 48.5 Å². The number of rotatable bonds is 5. The second-order valence-corrected chi connectivity index (χ2v) is 9.91. The summed E-state index contributed by atoms with van der Waals surface area (Å²) in [4.78, 5) is 32.3. The van der Waals surface area contributed by atoms with Gasteiger partial charge in [-0.3, -0.25) is 14.5 Å². The molecule has 1 aliphatic carbocycles. The quantitative estimate of drug-likeness (QED) is 0.524. The van der Waals surface area contributed by atoms with Crippen LogP contribution >= 0.6 is 0 Å². The molecule has 36 heavy (non-hydrogen) atoms. The van der Waals surface area contributed by atoms with E-state index in [1.807, 2.05) is 4.68 Å². The van der Waals surface area contributed by atoms with E-state index in [9.17, 15) is 18.4 Å². The number of carbonyl (C=O) groups is 2. The summed E-state index contributed by atoms with van der Waals surface area (Å²) in [5.74, 6) is -1.41. The maximum absolute atomic E-state index is 14.9. The van der Waals surface area contributed by atoms with E-state index in [2.05, 4.69) is 10.1 Å². The summed E-state index contributed by atoms with van der Waals surface area (Å²) in [5, 5.41) is 5.28. The number of amides is 2. The Morgan fingerprint density at radius 1 is 0.944 bits per heavy atom. The largest absolute Gasteiger partial charge is 0.449 e. The molecule has 0 unspecified atom stereocenters. The summed E-state index contributed by atoms with van der Waals surface area (Å²) in [6.07, 6.45) is 7.69. The van der Waals surface area contributed by atoms with E-state index in [4.69, 9.17) is 4.74 Å². The van der Waals surface area contributed by atoms with Crippen LogP contribution in [0.5, 0.6) is 0 Å². The van der Waals surface area contributed by atoms with Gasteiger partial charge >= 0.3 is 6.09 Å². The van der Waals surface area contributed by atoms with Gasteiger partial charge < -0.3 is 14.5 Å². The highest BCUT2D eigenvalue weighted by molar-refractivity contribution is 5.95. The van der Waals surface area contributed by atoms with Gasteiger partial charge in [0.25, 0.3) is 5.91 Å². The van der Waals surface area contributed by atoms with Crippen LogP contribution in [0.25, 0.3) is 22.2 Å². The highest BCUT2D eigenvalue weighted by Gasteiger charge is 2.29. The zero-order valence-electron chi connectivity index (χ0n) is 19.8. The van der Waals surface area contributed by atoms with Crippen molar-refractivity contribution in [1.29, 1.82) is 0 Å². The summed E-state index contributed by atoms with van der Waals surface area (Å²) in [6.45, 7) is 2.82. The third kappa shape index (κ3) is 4.29. The van der Waals surface area contributed by atoms with Gasteiger partial charge in [-0.15, -0.1) is 0 Å². The van der Waals surface area contributed by atoms with Crippen LogP contribution in [-0.4, -0.2) is 69.4 Å². The fourth-order valence-corrected chi connectivity index (χ4v) is 4.84. The van der Waals surface area contributed by atoms with Crippen molar-refractivity contribution in [3.05, 3.63) is 47.8 Å². The van der Waals surface area contributed by atoms with Crippen LogP contribution in [-0.2, 0) is 4.74 Å². The summed E-state index contributed by atoms with van der Waals surface area (Å²) in [7, 11) is 0. The Bertz CT molecular complexity index is 1330. The Hall–Kier alpha value is -3.56. The Morgan fingerprint density at radius 3 is 2.42 bits per heavy atom. The van der Waals surface area contributed by atoms with Crippen LogP contribution in [0, 0.1) is 17.6 Å². The topological polar surface area (TPSA) is 80.6 Å². The number of carbonyl (C=O) groups excluding carboxylic acids is 2. The summed E-state index contributed by atoms with van der Waals surface area (Å²) in [6, 6.07) is 3.78. The van der Waals surface area contributed by atoms with Crippen molar-refractivity contribution in [1.82, 2.24) is 24.6 Å². The van der Waals surface area contributed by atoms with Crippen molar-refractivity contribution >= 4 is 22.9 Å². The average Bonchev–Trinajstić information content (AvgIpc) is 3.59. The lowest BCUT2D eigenvalue weighted by Crippen LogP contribution is -2.42. The molecule has 2 saturated heterocycles. The van der Waals surface area contributed by atoms with Gasteiger partial charge in [-0.2, -0.15) is 5.10 Å². The summed E-state index contributed by atoms with van der Waals surface area (Å²) in [5.41, 5.74) is 0.807. The van der Waals surface area contributed by atoms with Gasteiger partial charge in [0.2, 0.25) is 0 Å². The minimum atomic E-state index is -0.761. The number of aromatic nitrogens is 3. The van der Waals surface area contributed by atoms with Crippen LogP contribution in [0.4, 0.5) is 13.6 Å². The number of pyridine rings is 1. The van der Waals surface area contributed by atoms with Crippen molar-refractivity contribution in [2.45, 2.75) is 38.1 Å². The highest BCUT2D eigenvalue weighted by Crippen LogP contribution is 2.32. The van der Waals surface area contributed by atoms with E-state index in [1.54, 1.807) is 23.4 Å². The number of nitrogens with zero attached hydrogens (tertiary/aromatic N) is 5. The van der Waals surface area contributed by atoms with Gasteiger partial charge in [-0.1, -0.05) is 0 Å². The molecule has 10 heteroatoms. The summed E-state index contributed by atoms with van der Waals surface area (Å²) < 4.78 is 36.9. The molecule has 4 heterocycles. The number of benzene rings is 1. The second-order valence-electron chi connectivity index (χ2n) is 9.91. The molecule has 0 radical (unpaired) electrons. The minimum Gasteiger partial charge on any atom is -0.449 e. The summed E-state index contributed by atoms with van der Waals surface area (Å²) >= 11 is 0. The van der Waals surface area contributed by atoms with Gasteiger partial charge in [0.1, 0.15) is 11.6 Å². The fourth-order valence-electron chi connectivity index (χ4n) is 4.84. The second kappa shape index (κ2) is 9.15. The van der Waals surface area contributed by atoms with E-state index < -0.39 is 17.5 Å². The van der Waals surface area contributed by atoms with Crippen molar-refractivity contribution in [3.63, 3.8) is 0 Å². The minimum absolute atomic E-state index is 0.000303. The monoisotopic (exact) mass is 495 g/mol. The SMILES string of the molecule is O=C(OCC1CC1)N1CCC(n2ncc3cc(-c4cc(F)c(C(=O)N5CCC5)cc4F)ncc32)CC1. The van der Waals surface area contributed by atoms with Gasteiger partial charge in [0, 0.05) is 37.1 Å². The molecule has 3 aromatic rings. The lowest BCUT2D eigenvalue weighted by molar-refractivity contribution is 0.0646. The van der Waals surface area contributed by atoms with Crippen LogP contribution < -0.4 is 0 Å². The maximum atomic E-state index is 14.9. The molecule has 8 nitrogen and oxygen atoms in total. The Balaban J connectivity index is 1.17. The Morgan fingerprint density at radius 2 is 1.72 bits per heavy atom. The first-order chi connectivity index (χ1) is 17.5. The third-order valence-corrected chi connectivity index (χ3v) is 7.40. The number of halogens is 2. The maximum Gasteiger partial charge on any atom is 0.409 e. The molecule has 1 saturated carbocycles. The Labute approximate surface area is 206 Å². The predicted octanol–water partition coefficient (Wildman–Crippen LogP) is 4.41. The van der Waals surface area contributed by atoms with Crippen LogP contribution in [0.3, 0.4) is 0 Å². The number of ether oxygens (including phenoxy) is 1. The third-order valence-electron chi connectivity index (χ3n) is 7.40. The zero-order chi connectivity index (χ0) is 24.8. The molecular formula is C26H27F2N5O3. The van der Waals surface area contributed by atoms with Crippen molar-refractivity contribution in [2.24, 2.45) is 5.92 Å². The normalized spacial score (nSPS) is 18.4. The molecule has 6 rings (SSSR count). The molecule has 0 atom stereocenters. The number of hydrogen-bond donors (Lipinski definition) is 0. The first-order valence-electron chi connectivity index (χ1n) is 12.5. The molecule has 0 bridgehead atoms. The molecule has 2 amide bonds. The molecule has 0 N–H and O–H groups in total. The van der Waals surface area contributed by atoms with E-state index in [-0.39, 0.29) is 29.0 Å². The van der Waals surface area contributed by atoms with Crippen molar-refractivity contribution in [2.75, 3.05) is 32.8 Å². The number of fused-ring (bicyclic) bond motifs is 1. The number of hydrogen-bond acceptors (Lipinski definition) is 5. The van der Waals surface area contributed by atoms with Crippen LogP contribution in [0.15, 0.2) is 30.6 Å². The first kappa shape index (κ1) is 22.9. The van der Waals surface area contributed by atoms with Crippen molar-refractivity contribution in [3.8, 4) is 11.3 Å². The van der Waals surface area contributed by atoms with Crippen LogP contribution in [0.2, 0.25) is 0 Å². The van der Waals surface area contributed by atoms with Gasteiger partial charge in [-0.05, 0) is 56.2 Å². The molecule has 0 spiro atoms. The van der Waals surface area contributed by atoms with Gasteiger partial charge in [0.15, 0.2) is 0 Å². The first-order valence-corrected chi connectivity index (χ1v) is 12.5. The molecule has 3 fully saturated rings. The van der Waals surface area contributed by atoms with E-state index in [0.29, 0.717) is 38.7 Å². The van der Waals surface area contributed by atoms with E-state index in [0.717, 1.165) is 55.1 Å². The van der Waals surface area contributed by atoms with Crippen molar-refractivity contribution < 1.29 is 23.1 Å². The molecular weight excluding hydrogens is 468 g/mol. The molecule has 2 aromatic heterocycles. The average molecular weight is 496 g/mol. The van der Waals surface area contributed by atoms with E-state index in [1.165, 1.54) is 4.90 Å². The standard InChI is InChI=1S/C26H27F2N5O3/c27-21-12-20(25(34)31-6-1-7-31)22(28)11-19(21)23-10-17-13-30-33(24(17)14-29-23)18-4-8-32(9-5-18)26(35)36-15-16-2-3-16/h10-14,16,18H,1-9,15H2. The Kier molecular flexibility index (Phi) is 5.81. The lowest BCUT2D eigenvalue weighted by atomic mass is 10.0. The molecule has 188 valence electrons. The number of piperidine rings is 1. The predicted molar refractivity (Wildman–Crippen MR) is 127 cm³/mol. The zero-order valence-corrected chi connectivity index (χ0v) is 19.8. The van der Waals surface area contributed by atoms with Gasteiger partial charge in [0.05, 0.1) is 41.8 Å². The molecule has 1 aromatic carbocycles.